The molecule has 116 valence electrons. The molecule has 1 fully saturated rings. The Bertz CT molecular complexity index is 789. The van der Waals surface area contributed by atoms with Crippen molar-refractivity contribution >= 4 is 17.5 Å². The van der Waals surface area contributed by atoms with Gasteiger partial charge in [-0.3, -0.25) is 9.59 Å². The summed E-state index contributed by atoms with van der Waals surface area (Å²) in [6.45, 7) is 1.63. The highest BCUT2D eigenvalue weighted by Crippen LogP contribution is 2.02. The summed E-state index contributed by atoms with van der Waals surface area (Å²) in [5, 5.41) is 7.40. The largest absolute Gasteiger partial charge is 0.378 e. The van der Waals surface area contributed by atoms with E-state index < -0.39 is 11.6 Å². The van der Waals surface area contributed by atoms with Crippen molar-refractivity contribution in [3.05, 3.63) is 22.5 Å². The van der Waals surface area contributed by atoms with Crippen molar-refractivity contribution in [3.63, 3.8) is 0 Å². The van der Waals surface area contributed by atoms with Gasteiger partial charge in [-0.25, -0.2) is 14.2 Å². The number of nitrogens with zero attached hydrogens (tertiary/aromatic N) is 6. The first-order valence-electron chi connectivity index (χ1n) is 6.54. The lowest BCUT2D eigenvalue weighted by molar-refractivity contribution is -0.136. The molecule has 0 aliphatic carbocycles. The first-order valence-corrected chi connectivity index (χ1v) is 6.54. The minimum Gasteiger partial charge on any atom is -0.378 e. The molecule has 2 amide bonds. The molecule has 3 heterocycles. The highest BCUT2D eigenvalue weighted by atomic mass is 16.5. The highest BCUT2D eigenvalue weighted by Gasteiger charge is 2.20. The van der Waals surface area contributed by atoms with Gasteiger partial charge in [0.1, 0.15) is 12.9 Å². The van der Waals surface area contributed by atoms with E-state index in [2.05, 4.69) is 15.3 Å². The predicted molar refractivity (Wildman–Crippen MR) is 71.0 cm³/mol. The number of hydrogen-bond acceptors (Lipinski definition) is 7. The summed E-state index contributed by atoms with van der Waals surface area (Å²) >= 11 is 0. The van der Waals surface area contributed by atoms with Crippen LogP contribution >= 0.6 is 0 Å². The van der Waals surface area contributed by atoms with Gasteiger partial charge in [-0.15, -0.1) is 5.10 Å². The average Bonchev–Trinajstić information content (AvgIpc) is 2.96. The molecule has 3 rings (SSSR count). The second kappa shape index (κ2) is 5.52. The van der Waals surface area contributed by atoms with Crippen molar-refractivity contribution < 1.29 is 14.3 Å². The molecular weight excluding hydrogens is 294 g/mol. The lowest BCUT2D eigenvalue weighted by atomic mass is 10.4. The van der Waals surface area contributed by atoms with Crippen molar-refractivity contribution in [3.8, 4) is 0 Å². The van der Waals surface area contributed by atoms with E-state index in [1.807, 2.05) is 0 Å². The zero-order valence-electron chi connectivity index (χ0n) is 11.5. The molecule has 11 nitrogen and oxygen atoms in total. The fourth-order valence-electron chi connectivity index (χ4n) is 2.15. The first-order chi connectivity index (χ1) is 10.6. The van der Waals surface area contributed by atoms with Crippen molar-refractivity contribution in [2.24, 2.45) is 5.73 Å². The van der Waals surface area contributed by atoms with Gasteiger partial charge in [-0.1, -0.05) is 5.21 Å². The van der Waals surface area contributed by atoms with Crippen LogP contribution in [0.5, 0.6) is 0 Å². The number of primary amides is 1. The van der Waals surface area contributed by atoms with Gasteiger partial charge < -0.3 is 15.4 Å². The van der Waals surface area contributed by atoms with E-state index >= 15 is 0 Å². The molecule has 0 saturated carbocycles. The summed E-state index contributed by atoms with van der Waals surface area (Å²) in [4.78, 5) is 40.8. The fraction of sp³-hybridized carbons (Fsp3) is 0.455. The molecule has 0 aromatic carbocycles. The molecule has 2 aromatic heterocycles. The smallest absolute Gasteiger partial charge is 0.353 e. The number of rotatable bonds is 3. The van der Waals surface area contributed by atoms with Crippen molar-refractivity contribution in [2.75, 3.05) is 26.3 Å². The monoisotopic (exact) mass is 307 g/mol. The van der Waals surface area contributed by atoms with Gasteiger partial charge in [0, 0.05) is 13.1 Å². The zero-order valence-corrected chi connectivity index (χ0v) is 11.5. The van der Waals surface area contributed by atoms with Crippen LogP contribution in [0.1, 0.15) is 10.5 Å². The Morgan fingerprint density at radius 3 is 2.73 bits per heavy atom. The number of aromatic nitrogens is 5. The number of hydrogen-bond donors (Lipinski definition) is 1. The van der Waals surface area contributed by atoms with Crippen molar-refractivity contribution in [1.82, 2.24) is 29.3 Å². The molecule has 0 atom stereocenters. The Kier molecular flexibility index (Phi) is 3.55. The molecule has 2 N–H and O–H groups in total. The Labute approximate surface area is 123 Å². The maximum Gasteiger partial charge on any atom is 0.353 e. The van der Waals surface area contributed by atoms with Gasteiger partial charge in [0.15, 0.2) is 11.3 Å². The minimum absolute atomic E-state index is 0.0347. The Morgan fingerprint density at radius 2 is 2.05 bits per heavy atom. The third kappa shape index (κ3) is 2.41. The molecule has 1 aliphatic heterocycles. The van der Waals surface area contributed by atoms with Crippen LogP contribution in [0.4, 0.5) is 0 Å². The van der Waals surface area contributed by atoms with Crippen LogP contribution in [0.25, 0.3) is 5.65 Å². The molecule has 0 unspecified atom stereocenters. The molecular formula is C11H13N7O4. The lowest BCUT2D eigenvalue weighted by Gasteiger charge is -2.26. The number of imidazole rings is 1. The van der Waals surface area contributed by atoms with Crippen LogP contribution in [-0.2, 0) is 16.1 Å². The van der Waals surface area contributed by atoms with Gasteiger partial charge in [0.25, 0.3) is 5.91 Å². The van der Waals surface area contributed by atoms with Crippen LogP contribution in [0, 0.1) is 0 Å². The quantitative estimate of drug-likeness (QED) is 0.648. The second-order valence-electron chi connectivity index (χ2n) is 4.67. The summed E-state index contributed by atoms with van der Waals surface area (Å²) in [7, 11) is 0. The Balaban J connectivity index is 1.88. The highest BCUT2D eigenvalue weighted by molar-refractivity contribution is 5.96. The zero-order chi connectivity index (χ0) is 15.7. The number of carbonyl (C=O) groups is 2. The van der Waals surface area contributed by atoms with Crippen LogP contribution in [-0.4, -0.2) is 67.4 Å². The normalized spacial score (nSPS) is 15.2. The molecule has 0 radical (unpaired) electrons. The average molecular weight is 307 g/mol. The maximum atomic E-state index is 12.2. The molecule has 11 heteroatoms. The Morgan fingerprint density at radius 1 is 1.32 bits per heavy atom. The second-order valence-corrected chi connectivity index (χ2v) is 4.67. The maximum absolute atomic E-state index is 12.2. The molecule has 1 aliphatic rings. The summed E-state index contributed by atoms with van der Waals surface area (Å²) in [6.07, 6.45) is 1.13. The third-order valence-electron chi connectivity index (χ3n) is 3.30. The molecule has 0 bridgehead atoms. The van der Waals surface area contributed by atoms with Gasteiger partial charge in [-0.05, 0) is 0 Å². The van der Waals surface area contributed by atoms with Gasteiger partial charge in [-0.2, -0.15) is 4.68 Å². The summed E-state index contributed by atoms with van der Waals surface area (Å²) < 4.78 is 7.10. The van der Waals surface area contributed by atoms with Crippen LogP contribution in [0.2, 0.25) is 0 Å². The van der Waals surface area contributed by atoms with Crippen LogP contribution < -0.4 is 11.4 Å². The standard InChI is InChI=1S/C11H13N7O4/c12-9(20)8-10-14-15-18(11(21)17(10)6-13-8)5-7(19)16-1-3-22-4-2-16/h6H,1-5H2,(H2,12,20). The molecule has 1 saturated heterocycles. The third-order valence-corrected chi connectivity index (χ3v) is 3.30. The van der Waals surface area contributed by atoms with E-state index in [0.29, 0.717) is 26.3 Å². The van der Waals surface area contributed by atoms with E-state index in [1.54, 1.807) is 4.90 Å². The van der Waals surface area contributed by atoms with Crippen molar-refractivity contribution in [1.29, 1.82) is 0 Å². The van der Waals surface area contributed by atoms with E-state index in [4.69, 9.17) is 10.5 Å². The van der Waals surface area contributed by atoms with Gasteiger partial charge in [0.2, 0.25) is 5.91 Å². The molecule has 0 spiro atoms. The van der Waals surface area contributed by atoms with Crippen LogP contribution in [0.3, 0.4) is 0 Å². The summed E-state index contributed by atoms with van der Waals surface area (Å²) in [5.41, 5.74) is 4.33. The topological polar surface area (TPSA) is 138 Å². The number of nitrogens with two attached hydrogens (primary N) is 1. The number of ether oxygens (including phenoxy) is 1. The lowest BCUT2D eigenvalue weighted by Crippen LogP contribution is -2.44. The Hall–Kier alpha value is -2.82. The number of amides is 2. The number of fused-ring (bicyclic) bond motifs is 1. The number of morpholine rings is 1. The summed E-state index contributed by atoms with van der Waals surface area (Å²) in [5.74, 6) is -1.06. The fourth-order valence-corrected chi connectivity index (χ4v) is 2.15. The summed E-state index contributed by atoms with van der Waals surface area (Å²) in [6, 6.07) is 0. The first kappa shape index (κ1) is 14.1. The molecule has 22 heavy (non-hydrogen) atoms. The van der Waals surface area contributed by atoms with E-state index in [-0.39, 0.29) is 23.8 Å². The SMILES string of the molecule is NC(=O)c1ncn2c(=O)n(CC(=O)N3CCOCC3)nnc12. The van der Waals surface area contributed by atoms with E-state index in [0.717, 1.165) is 15.4 Å². The van der Waals surface area contributed by atoms with E-state index in [9.17, 15) is 14.4 Å². The van der Waals surface area contributed by atoms with Gasteiger partial charge >= 0.3 is 5.69 Å². The van der Waals surface area contributed by atoms with Gasteiger partial charge in [0.05, 0.1) is 13.2 Å². The van der Waals surface area contributed by atoms with E-state index in [1.165, 1.54) is 0 Å². The van der Waals surface area contributed by atoms with Crippen molar-refractivity contribution in [2.45, 2.75) is 6.54 Å². The molecule has 2 aromatic rings. The minimum atomic E-state index is -0.807. The predicted octanol–water partition coefficient (Wildman–Crippen LogP) is -2.76. The number of carbonyl (C=O) groups excluding carboxylic acids is 2. The van der Waals surface area contributed by atoms with Crippen LogP contribution in [0.15, 0.2) is 11.1 Å².